The normalized spacial score (nSPS) is 12.2. The van der Waals surface area contributed by atoms with Gasteiger partial charge in [-0.05, 0) is 25.5 Å². The quantitative estimate of drug-likeness (QED) is 0.719. The Balaban J connectivity index is 2.80. The number of amides is 1. The van der Waals surface area contributed by atoms with Crippen LogP contribution in [-0.4, -0.2) is 28.8 Å². The second-order valence-corrected chi connectivity index (χ2v) is 3.52. The summed E-state index contributed by atoms with van der Waals surface area (Å²) in [5.74, 6) is -1.85. The molecule has 0 spiro atoms. The molecule has 0 saturated heterocycles. The molecule has 1 atom stereocenters. The Bertz CT molecular complexity index is 361. The molecule has 1 rings (SSSR count). The number of carbonyl (C=O) groups excluding carboxylic acids is 1. The van der Waals surface area contributed by atoms with E-state index in [-0.39, 0.29) is 18.2 Å². The van der Waals surface area contributed by atoms with Crippen molar-refractivity contribution in [2.75, 3.05) is 6.61 Å². The number of halogens is 1. The van der Waals surface area contributed by atoms with E-state index in [1.807, 2.05) is 0 Å². The molecule has 4 nitrogen and oxygen atoms in total. The molecule has 0 bridgehead atoms. The second kappa shape index (κ2) is 5.46. The fraction of sp³-hybridized carbons (Fsp3) is 0.364. The third-order valence-electron chi connectivity index (χ3n) is 2.16. The van der Waals surface area contributed by atoms with Crippen molar-refractivity contribution in [3.05, 3.63) is 29.6 Å². The van der Waals surface area contributed by atoms with Gasteiger partial charge in [0.15, 0.2) is 0 Å². The number of benzene rings is 1. The Kier molecular flexibility index (Phi) is 4.25. The average molecular weight is 227 g/mol. The summed E-state index contributed by atoms with van der Waals surface area (Å²) in [6.45, 7) is 1.62. The molecule has 0 aliphatic heterocycles. The smallest absolute Gasteiger partial charge is 0.258 e. The first-order valence-corrected chi connectivity index (χ1v) is 4.95. The van der Waals surface area contributed by atoms with Crippen molar-refractivity contribution in [1.29, 1.82) is 0 Å². The average Bonchev–Trinajstić information content (AvgIpc) is 2.17. The molecular weight excluding hydrogens is 213 g/mol. The van der Waals surface area contributed by atoms with Gasteiger partial charge in [-0.25, -0.2) is 4.39 Å². The molecular formula is C11H14FNO3. The highest BCUT2D eigenvalue weighted by Crippen LogP contribution is 2.19. The van der Waals surface area contributed by atoms with Crippen molar-refractivity contribution in [2.24, 2.45) is 0 Å². The second-order valence-electron chi connectivity index (χ2n) is 3.52. The van der Waals surface area contributed by atoms with Crippen LogP contribution in [0.4, 0.5) is 4.39 Å². The van der Waals surface area contributed by atoms with Gasteiger partial charge in [0.1, 0.15) is 17.1 Å². The fourth-order valence-corrected chi connectivity index (χ4v) is 1.30. The largest absolute Gasteiger partial charge is 0.507 e. The van der Waals surface area contributed by atoms with Crippen molar-refractivity contribution in [3.63, 3.8) is 0 Å². The number of aliphatic hydroxyl groups is 1. The van der Waals surface area contributed by atoms with Crippen LogP contribution in [0.2, 0.25) is 0 Å². The molecule has 0 aromatic heterocycles. The van der Waals surface area contributed by atoms with Crippen LogP contribution in [-0.2, 0) is 0 Å². The van der Waals surface area contributed by atoms with Gasteiger partial charge in [0.05, 0.1) is 0 Å². The van der Waals surface area contributed by atoms with Gasteiger partial charge in [0.25, 0.3) is 5.91 Å². The van der Waals surface area contributed by atoms with Crippen LogP contribution in [0.3, 0.4) is 0 Å². The number of rotatable bonds is 4. The molecule has 16 heavy (non-hydrogen) atoms. The number of carbonyl (C=O) groups is 1. The van der Waals surface area contributed by atoms with Crippen LogP contribution in [0.15, 0.2) is 18.2 Å². The summed E-state index contributed by atoms with van der Waals surface area (Å²) in [7, 11) is 0. The molecule has 0 saturated carbocycles. The molecule has 0 aliphatic carbocycles. The zero-order valence-corrected chi connectivity index (χ0v) is 8.90. The van der Waals surface area contributed by atoms with Crippen LogP contribution < -0.4 is 5.32 Å². The van der Waals surface area contributed by atoms with Gasteiger partial charge in [0.2, 0.25) is 0 Å². The summed E-state index contributed by atoms with van der Waals surface area (Å²) in [5, 5.41) is 20.5. The topological polar surface area (TPSA) is 69.6 Å². The van der Waals surface area contributed by atoms with Gasteiger partial charge in [-0.3, -0.25) is 4.79 Å². The lowest BCUT2D eigenvalue weighted by molar-refractivity contribution is 0.0927. The molecule has 1 unspecified atom stereocenters. The Morgan fingerprint density at radius 2 is 2.25 bits per heavy atom. The molecule has 1 aromatic rings. The zero-order chi connectivity index (χ0) is 12.1. The number of hydrogen-bond acceptors (Lipinski definition) is 3. The molecule has 1 aromatic carbocycles. The van der Waals surface area contributed by atoms with Gasteiger partial charge in [-0.15, -0.1) is 0 Å². The highest BCUT2D eigenvalue weighted by atomic mass is 19.1. The third-order valence-corrected chi connectivity index (χ3v) is 2.16. The van der Waals surface area contributed by atoms with Crippen LogP contribution in [0.25, 0.3) is 0 Å². The number of nitrogens with one attached hydrogen (secondary N) is 1. The van der Waals surface area contributed by atoms with E-state index in [4.69, 9.17) is 5.11 Å². The Morgan fingerprint density at radius 1 is 1.56 bits per heavy atom. The van der Waals surface area contributed by atoms with Gasteiger partial charge < -0.3 is 15.5 Å². The predicted molar refractivity (Wildman–Crippen MR) is 56.7 cm³/mol. The summed E-state index contributed by atoms with van der Waals surface area (Å²) in [6.07, 6.45) is 0.376. The summed E-state index contributed by atoms with van der Waals surface area (Å²) in [6, 6.07) is 3.38. The van der Waals surface area contributed by atoms with Gasteiger partial charge >= 0.3 is 0 Å². The lowest BCUT2D eigenvalue weighted by Gasteiger charge is -2.13. The van der Waals surface area contributed by atoms with Crippen molar-refractivity contribution < 1.29 is 19.4 Å². The first-order chi connectivity index (χ1) is 7.56. The van der Waals surface area contributed by atoms with E-state index in [0.717, 1.165) is 6.07 Å². The van der Waals surface area contributed by atoms with E-state index in [0.29, 0.717) is 6.42 Å². The van der Waals surface area contributed by atoms with Crippen LogP contribution in [0.5, 0.6) is 5.75 Å². The SMILES string of the molecule is CC(CCO)NC(=O)c1c(O)cccc1F. The van der Waals surface area contributed by atoms with Gasteiger partial charge in [-0.2, -0.15) is 0 Å². The Morgan fingerprint density at radius 3 is 2.81 bits per heavy atom. The van der Waals surface area contributed by atoms with E-state index in [1.165, 1.54) is 12.1 Å². The summed E-state index contributed by atoms with van der Waals surface area (Å²) >= 11 is 0. The van der Waals surface area contributed by atoms with E-state index < -0.39 is 17.5 Å². The number of aromatic hydroxyl groups is 1. The van der Waals surface area contributed by atoms with E-state index in [2.05, 4.69) is 5.32 Å². The maximum atomic E-state index is 13.3. The Hall–Kier alpha value is -1.62. The molecule has 0 aliphatic rings. The maximum absolute atomic E-state index is 13.3. The van der Waals surface area contributed by atoms with Gasteiger partial charge in [-0.1, -0.05) is 6.07 Å². The lowest BCUT2D eigenvalue weighted by atomic mass is 10.1. The number of phenols is 1. The van der Waals surface area contributed by atoms with E-state index in [1.54, 1.807) is 6.92 Å². The number of aliphatic hydroxyl groups excluding tert-OH is 1. The predicted octanol–water partition coefficient (Wildman–Crippen LogP) is 1.03. The van der Waals surface area contributed by atoms with Crippen molar-refractivity contribution in [3.8, 4) is 5.75 Å². The number of phenolic OH excluding ortho intramolecular Hbond substituents is 1. The molecule has 5 heteroatoms. The zero-order valence-electron chi connectivity index (χ0n) is 8.90. The van der Waals surface area contributed by atoms with Crippen molar-refractivity contribution in [2.45, 2.75) is 19.4 Å². The highest BCUT2D eigenvalue weighted by molar-refractivity contribution is 5.97. The monoisotopic (exact) mass is 227 g/mol. The molecule has 1 amide bonds. The van der Waals surface area contributed by atoms with Crippen LogP contribution in [0.1, 0.15) is 23.7 Å². The van der Waals surface area contributed by atoms with Crippen molar-refractivity contribution in [1.82, 2.24) is 5.32 Å². The van der Waals surface area contributed by atoms with E-state index >= 15 is 0 Å². The lowest BCUT2D eigenvalue weighted by Crippen LogP contribution is -2.33. The summed E-state index contributed by atoms with van der Waals surface area (Å²) in [5.41, 5.74) is -0.368. The number of hydrogen-bond donors (Lipinski definition) is 3. The molecule has 0 radical (unpaired) electrons. The van der Waals surface area contributed by atoms with Crippen LogP contribution in [0, 0.1) is 5.82 Å². The third kappa shape index (κ3) is 2.93. The molecule has 88 valence electrons. The summed E-state index contributed by atoms with van der Waals surface area (Å²) in [4.78, 5) is 11.6. The minimum absolute atomic E-state index is 0.0648. The van der Waals surface area contributed by atoms with Crippen molar-refractivity contribution >= 4 is 5.91 Å². The molecule has 0 heterocycles. The fourth-order valence-electron chi connectivity index (χ4n) is 1.30. The molecule has 3 N–H and O–H groups in total. The van der Waals surface area contributed by atoms with Gasteiger partial charge in [0, 0.05) is 12.6 Å². The highest BCUT2D eigenvalue weighted by Gasteiger charge is 2.17. The van der Waals surface area contributed by atoms with Crippen LogP contribution >= 0.6 is 0 Å². The standard InChI is InChI=1S/C11H14FNO3/c1-7(5-6-14)13-11(16)10-8(12)3-2-4-9(10)15/h2-4,7,14-15H,5-6H2,1H3,(H,13,16). The first kappa shape index (κ1) is 12.4. The summed E-state index contributed by atoms with van der Waals surface area (Å²) < 4.78 is 13.3. The molecule has 0 fully saturated rings. The first-order valence-electron chi connectivity index (χ1n) is 4.95. The minimum Gasteiger partial charge on any atom is -0.507 e. The minimum atomic E-state index is -0.770. The Labute approximate surface area is 92.7 Å². The van der Waals surface area contributed by atoms with E-state index in [9.17, 15) is 14.3 Å². The maximum Gasteiger partial charge on any atom is 0.258 e.